The average molecular weight is 244 g/mol. The smallest absolute Gasteiger partial charge is 0.252 e. The van der Waals surface area contributed by atoms with Crippen molar-refractivity contribution in [3.63, 3.8) is 0 Å². The number of carbonyl (C=O) groups is 1. The van der Waals surface area contributed by atoms with Crippen molar-refractivity contribution in [3.8, 4) is 0 Å². The second-order valence-electron chi connectivity index (χ2n) is 3.65. The Morgan fingerprint density at radius 2 is 2.25 bits per heavy atom. The largest absolute Gasteiger partial charge is 0.352 e. The van der Waals surface area contributed by atoms with Gasteiger partial charge in [-0.1, -0.05) is 0 Å². The number of hydrogen-bond donors (Lipinski definition) is 1. The van der Waals surface area contributed by atoms with E-state index in [4.69, 9.17) is 0 Å². The molecular formula is C11H18ClN3O. The van der Waals surface area contributed by atoms with Crippen LogP contribution in [0, 0.1) is 0 Å². The van der Waals surface area contributed by atoms with Gasteiger partial charge in [0.2, 0.25) is 0 Å². The highest BCUT2D eigenvalue weighted by Crippen LogP contribution is 1.94. The lowest BCUT2D eigenvalue weighted by atomic mass is 10.2. The zero-order chi connectivity index (χ0) is 11.1. The molecule has 90 valence electrons. The highest BCUT2D eigenvalue weighted by molar-refractivity contribution is 5.93. The lowest BCUT2D eigenvalue weighted by molar-refractivity contribution is 0.0952. The summed E-state index contributed by atoms with van der Waals surface area (Å²) in [5, 5.41) is 2.85. The molecule has 0 aromatic carbocycles. The van der Waals surface area contributed by atoms with Crippen LogP contribution in [0.3, 0.4) is 0 Å². The summed E-state index contributed by atoms with van der Waals surface area (Å²) in [5.41, 5.74) is 0.613. The Labute approximate surface area is 102 Å². The lowest BCUT2D eigenvalue weighted by Gasteiger charge is -2.09. The minimum atomic E-state index is -0.0538. The molecule has 0 spiro atoms. The van der Waals surface area contributed by atoms with Gasteiger partial charge in [0.15, 0.2) is 0 Å². The zero-order valence-corrected chi connectivity index (χ0v) is 10.5. The first-order chi connectivity index (χ1) is 7.20. The van der Waals surface area contributed by atoms with Gasteiger partial charge in [0.1, 0.15) is 0 Å². The maximum atomic E-state index is 11.5. The summed E-state index contributed by atoms with van der Waals surface area (Å²) in [6, 6.07) is 3.52. The molecule has 0 aliphatic heterocycles. The van der Waals surface area contributed by atoms with Gasteiger partial charge >= 0.3 is 0 Å². The van der Waals surface area contributed by atoms with Gasteiger partial charge in [-0.05, 0) is 39.2 Å². The fourth-order valence-corrected chi connectivity index (χ4v) is 1.20. The van der Waals surface area contributed by atoms with E-state index in [-0.39, 0.29) is 18.3 Å². The third-order valence-electron chi connectivity index (χ3n) is 1.99. The SMILES string of the molecule is CN(C)CCCNC(=O)c1cccnc1.Cl. The van der Waals surface area contributed by atoms with E-state index in [1.165, 1.54) is 0 Å². The zero-order valence-electron chi connectivity index (χ0n) is 9.64. The van der Waals surface area contributed by atoms with E-state index in [9.17, 15) is 4.79 Å². The number of aromatic nitrogens is 1. The van der Waals surface area contributed by atoms with E-state index in [2.05, 4.69) is 15.2 Å². The monoisotopic (exact) mass is 243 g/mol. The fraction of sp³-hybridized carbons (Fsp3) is 0.455. The van der Waals surface area contributed by atoms with E-state index < -0.39 is 0 Å². The minimum absolute atomic E-state index is 0. The van der Waals surface area contributed by atoms with Crippen molar-refractivity contribution in [2.75, 3.05) is 27.2 Å². The van der Waals surface area contributed by atoms with Gasteiger partial charge in [0.05, 0.1) is 5.56 Å². The van der Waals surface area contributed by atoms with Crippen molar-refractivity contribution in [1.29, 1.82) is 0 Å². The summed E-state index contributed by atoms with van der Waals surface area (Å²) >= 11 is 0. The van der Waals surface area contributed by atoms with Crippen molar-refractivity contribution in [2.45, 2.75) is 6.42 Å². The van der Waals surface area contributed by atoms with Crippen LogP contribution < -0.4 is 5.32 Å². The molecule has 0 unspecified atom stereocenters. The first kappa shape index (κ1) is 14.9. The molecule has 1 amide bonds. The van der Waals surface area contributed by atoms with Gasteiger partial charge in [-0.3, -0.25) is 9.78 Å². The Bertz CT molecular complexity index is 303. The summed E-state index contributed by atoms with van der Waals surface area (Å²) < 4.78 is 0. The first-order valence-corrected chi connectivity index (χ1v) is 5.03. The summed E-state index contributed by atoms with van der Waals surface area (Å²) in [6.45, 7) is 1.68. The third kappa shape index (κ3) is 5.68. The molecule has 1 N–H and O–H groups in total. The van der Waals surface area contributed by atoms with Gasteiger partial charge in [-0.15, -0.1) is 12.4 Å². The van der Waals surface area contributed by atoms with Crippen molar-refractivity contribution in [1.82, 2.24) is 15.2 Å². The Balaban J connectivity index is 0.00000225. The standard InChI is InChI=1S/C11H17N3O.ClH/c1-14(2)8-4-7-13-11(15)10-5-3-6-12-9-10;/h3,5-6,9H,4,7-8H2,1-2H3,(H,13,15);1H. The van der Waals surface area contributed by atoms with Crippen LogP contribution in [0.1, 0.15) is 16.8 Å². The molecule has 0 aliphatic rings. The van der Waals surface area contributed by atoms with Crippen LogP contribution in [0.5, 0.6) is 0 Å². The molecule has 0 aliphatic carbocycles. The van der Waals surface area contributed by atoms with Crippen LogP contribution in [0.25, 0.3) is 0 Å². The Hall–Kier alpha value is -1.13. The number of hydrogen-bond acceptors (Lipinski definition) is 3. The highest BCUT2D eigenvalue weighted by Gasteiger charge is 2.03. The number of nitrogens with one attached hydrogen (secondary N) is 1. The van der Waals surface area contributed by atoms with Gasteiger partial charge < -0.3 is 10.2 Å². The van der Waals surface area contributed by atoms with Crippen molar-refractivity contribution in [2.24, 2.45) is 0 Å². The van der Waals surface area contributed by atoms with Crippen LogP contribution in [0.4, 0.5) is 0 Å². The molecule has 0 atom stereocenters. The Morgan fingerprint density at radius 3 is 2.81 bits per heavy atom. The molecule has 1 rings (SSSR count). The first-order valence-electron chi connectivity index (χ1n) is 5.03. The Morgan fingerprint density at radius 1 is 1.50 bits per heavy atom. The third-order valence-corrected chi connectivity index (χ3v) is 1.99. The van der Waals surface area contributed by atoms with E-state index >= 15 is 0 Å². The molecular weight excluding hydrogens is 226 g/mol. The van der Waals surface area contributed by atoms with Crippen LogP contribution in [0.15, 0.2) is 24.5 Å². The Kier molecular flexibility index (Phi) is 7.50. The molecule has 0 saturated heterocycles. The molecule has 1 aromatic heterocycles. The maximum Gasteiger partial charge on any atom is 0.252 e. The molecule has 1 aromatic rings. The highest BCUT2D eigenvalue weighted by atomic mass is 35.5. The molecule has 4 nitrogen and oxygen atoms in total. The van der Waals surface area contributed by atoms with E-state index in [1.807, 2.05) is 14.1 Å². The van der Waals surface area contributed by atoms with Gasteiger partial charge in [0.25, 0.3) is 5.91 Å². The summed E-state index contributed by atoms with van der Waals surface area (Å²) in [6.07, 6.45) is 4.18. The van der Waals surface area contributed by atoms with Gasteiger partial charge in [0, 0.05) is 18.9 Å². The number of nitrogens with zero attached hydrogens (tertiary/aromatic N) is 2. The summed E-state index contributed by atoms with van der Waals surface area (Å²) in [5.74, 6) is -0.0538. The average Bonchev–Trinajstić information content (AvgIpc) is 2.25. The number of halogens is 1. The van der Waals surface area contributed by atoms with Crippen molar-refractivity contribution >= 4 is 18.3 Å². The molecule has 0 radical (unpaired) electrons. The van der Waals surface area contributed by atoms with Crippen LogP contribution in [-0.2, 0) is 0 Å². The van der Waals surface area contributed by atoms with Crippen LogP contribution in [-0.4, -0.2) is 43.0 Å². The van der Waals surface area contributed by atoms with E-state index in [0.29, 0.717) is 12.1 Å². The predicted octanol–water partition coefficient (Wildman–Crippen LogP) is 1.18. The number of pyridine rings is 1. The van der Waals surface area contributed by atoms with E-state index in [0.717, 1.165) is 13.0 Å². The van der Waals surface area contributed by atoms with Crippen LogP contribution in [0.2, 0.25) is 0 Å². The quantitative estimate of drug-likeness (QED) is 0.791. The summed E-state index contributed by atoms with van der Waals surface area (Å²) in [4.78, 5) is 17.5. The summed E-state index contributed by atoms with van der Waals surface area (Å²) in [7, 11) is 4.03. The molecule has 0 fully saturated rings. The van der Waals surface area contributed by atoms with Crippen LogP contribution >= 0.6 is 12.4 Å². The van der Waals surface area contributed by atoms with Crippen molar-refractivity contribution in [3.05, 3.63) is 30.1 Å². The van der Waals surface area contributed by atoms with Crippen molar-refractivity contribution < 1.29 is 4.79 Å². The molecule has 5 heteroatoms. The second kappa shape index (κ2) is 8.07. The van der Waals surface area contributed by atoms with E-state index in [1.54, 1.807) is 24.5 Å². The minimum Gasteiger partial charge on any atom is -0.352 e. The maximum absolute atomic E-state index is 11.5. The molecule has 16 heavy (non-hydrogen) atoms. The molecule has 1 heterocycles. The topological polar surface area (TPSA) is 45.2 Å². The lowest BCUT2D eigenvalue weighted by Crippen LogP contribution is -2.27. The fourth-order valence-electron chi connectivity index (χ4n) is 1.20. The van der Waals surface area contributed by atoms with Gasteiger partial charge in [-0.25, -0.2) is 0 Å². The molecule has 0 saturated carbocycles. The van der Waals surface area contributed by atoms with Gasteiger partial charge in [-0.2, -0.15) is 0 Å². The number of carbonyl (C=O) groups excluding carboxylic acids is 1. The second-order valence-corrected chi connectivity index (χ2v) is 3.65. The molecule has 0 bridgehead atoms. The normalized spacial score (nSPS) is 9.69. The number of amides is 1. The predicted molar refractivity (Wildman–Crippen MR) is 67.0 cm³/mol. The number of rotatable bonds is 5.